The minimum absolute atomic E-state index is 0.105. The highest BCUT2D eigenvalue weighted by Crippen LogP contribution is 2.17. The van der Waals surface area contributed by atoms with Gasteiger partial charge in [-0.25, -0.2) is 13.1 Å². The smallest absolute Gasteiger partial charge is 0.215 e. The summed E-state index contributed by atoms with van der Waals surface area (Å²) in [5.41, 5.74) is 2.82. The van der Waals surface area contributed by atoms with Crippen LogP contribution in [0, 0.1) is 0 Å². The predicted molar refractivity (Wildman–Crippen MR) is 96.6 cm³/mol. The van der Waals surface area contributed by atoms with E-state index in [0.29, 0.717) is 23.6 Å². The van der Waals surface area contributed by atoms with Crippen molar-refractivity contribution in [2.75, 3.05) is 25.5 Å². The molecule has 2 aromatic rings. The molecule has 0 bridgehead atoms. The molecule has 124 valence electrons. The fourth-order valence-electron chi connectivity index (χ4n) is 2.18. The van der Waals surface area contributed by atoms with E-state index in [4.69, 9.17) is 11.6 Å². The van der Waals surface area contributed by atoms with Gasteiger partial charge >= 0.3 is 0 Å². The maximum atomic E-state index is 12.1. The molecule has 2 aromatic carbocycles. The molecule has 2 rings (SSSR count). The molecule has 0 saturated carbocycles. The fourth-order valence-corrected chi connectivity index (χ4v) is 3.64. The van der Waals surface area contributed by atoms with E-state index in [1.807, 2.05) is 43.3 Å². The highest BCUT2D eigenvalue weighted by molar-refractivity contribution is 7.88. The first kappa shape index (κ1) is 17.8. The Balaban J connectivity index is 1.88. The summed E-state index contributed by atoms with van der Waals surface area (Å²) in [4.78, 5) is 2.02. The third-order valence-electron chi connectivity index (χ3n) is 3.49. The Kier molecular flexibility index (Phi) is 6.04. The van der Waals surface area contributed by atoms with E-state index < -0.39 is 10.0 Å². The second-order valence-electron chi connectivity index (χ2n) is 5.56. The van der Waals surface area contributed by atoms with Crippen molar-refractivity contribution in [3.63, 3.8) is 0 Å². The summed E-state index contributed by atoms with van der Waals surface area (Å²) < 4.78 is 26.8. The minimum atomic E-state index is -3.39. The molecule has 0 saturated heterocycles. The van der Waals surface area contributed by atoms with Crippen molar-refractivity contribution in [2.24, 2.45) is 0 Å². The Morgan fingerprint density at radius 2 is 1.70 bits per heavy atom. The molecule has 0 spiro atoms. The van der Waals surface area contributed by atoms with Crippen molar-refractivity contribution < 1.29 is 8.42 Å². The lowest BCUT2D eigenvalue weighted by atomic mass is 10.1. The maximum absolute atomic E-state index is 12.1. The molecule has 0 atom stereocenters. The number of rotatable bonds is 7. The van der Waals surface area contributed by atoms with Gasteiger partial charge in [-0.1, -0.05) is 41.9 Å². The first-order chi connectivity index (χ1) is 10.9. The van der Waals surface area contributed by atoms with Gasteiger partial charge in [0.25, 0.3) is 0 Å². The molecule has 0 amide bonds. The lowest BCUT2D eigenvalue weighted by molar-refractivity contribution is 0.581. The van der Waals surface area contributed by atoms with Gasteiger partial charge in [0.1, 0.15) is 0 Å². The van der Waals surface area contributed by atoms with Gasteiger partial charge < -0.3 is 4.90 Å². The Morgan fingerprint density at radius 3 is 2.30 bits per heavy atom. The molecule has 0 heterocycles. The maximum Gasteiger partial charge on any atom is 0.215 e. The van der Waals surface area contributed by atoms with Gasteiger partial charge in [0, 0.05) is 31.4 Å². The van der Waals surface area contributed by atoms with Gasteiger partial charge in [-0.3, -0.25) is 0 Å². The average molecular weight is 353 g/mol. The Hall–Kier alpha value is -1.56. The van der Waals surface area contributed by atoms with E-state index >= 15 is 0 Å². The molecule has 0 radical (unpaired) electrons. The molecule has 0 aromatic heterocycles. The molecular formula is C17H21ClN2O2S. The van der Waals surface area contributed by atoms with Crippen LogP contribution < -0.4 is 9.62 Å². The van der Waals surface area contributed by atoms with E-state index in [1.54, 1.807) is 24.3 Å². The highest BCUT2D eigenvalue weighted by atomic mass is 35.5. The summed E-state index contributed by atoms with van der Waals surface area (Å²) in [5.74, 6) is -0.105. The fraction of sp³-hybridized carbons (Fsp3) is 0.294. The molecule has 0 unspecified atom stereocenters. The van der Waals surface area contributed by atoms with Crippen molar-refractivity contribution in [3.8, 4) is 0 Å². The number of sulfonamides is 1. The van der Waals surface area contributed by atoms with Gasteiger partial charge in [0.05, 0.1) is 5.75 Å². The SMILES string of the molecule is CN(C)c1ccc(CCNS(=O)(=O)Cc2ccccc2Cl)cc1. The summed E-state index contributed by atoms with van der Waals surface area (Å²) in [6.45, 7) is 0.369. The Morgan fingerprint density at radius 1 is 1.04 bits per heavy atom. The monoisotopic (exact) mass is 352 g/mol. The number of halogens is 1. The summed E-state index contributed by atoms with van der Waals surface area (Å²) in [5, 5.41) is 0.470. The second kappa shape index (κ2) is 7.81. The first-order valence-electron chi connectivity index (χ1n) is 7.34. The van der Waals surface area contributed by atoms with Crippen molar-refractivity contribution >= 4 is 27.3 Å². The van der Waals surface area contributed by atoms with E-state index in [2.05, 4.69) is 4.72 Å². The lowest BCUT2D eigenvalue weighted by Crippen LogP contribution is -2.27. The van der Waals surface area contributed by atoms with Crippen LogP contribution in [0.4, 0.5) is 5.69 Å². The third-order valence-corrected chi connectivity index (χ3v) is 5.20. The van der Waals surface area contributed by atoms with Crippen molar-refractivity contribution in [1.82, 2.24) is 4.72 Å². The third kappa shape index (κ3) is 5.53. The first-order valence-corrected chi connectivity index (χ1v) is 9.37. The normalized spacial score (nSPS) is 11.4. The summed E-state index contributed by atoms with van der Waals surface area (Å²) in [6.07, 6.45) is 0.648. The summed E-state index contributed by atoms with van der Waals surface area (Å²) in [6, 6.07) is 15.0. The highest BCUT2D eigenvalue weighted by Gasteiger charge is 2.13. The zero-order valence-electron chi connectivity index (χ0n) is 13.3. The quantitative estimate of drug-likeness (QED) is 0.833. The molecule has 0 aliphatic rings. The van der Waals surface area contributed by atoms with Crippen LogP contribution in [0.25, 0.3) is 0 Å². The van der Waals surface area contributed by atoms with Crippen LogP contribution in [-0.4, -0.2) is 29.1 Å². The zero-order chi connectivity index (χ0) is 16.9. The molecule has 0 aliphatic heterocycles. The van der Waals surface area contributed by atoms with Gasteiger partial charge in [0.2, 0.25) is 10.0 Å². The van der Waals surface area contributed by atoms with Crippen molar-refractivity contribution in [1.29, 1.82) is 0 Å². The molecule has 23 heavy (non-hydrogen) atoms. The minimum Gasteiger partial charge on any atom is -0.378 e. The number of hydrogen-bond donors (Lipinski definition) is 1. The molecule has 1 N–H and O–H groups in total. The number of anilines is 1. The second-order valence-corrected chi connectivity index (χ2v) is 7.77. The van der Waals surface area contributed by atoms with Gasteiger partial charge in [-0.05, 0) is 35.7 Å². The van der Waals surface area contributed by atoms with E-state index in [0.717, 1.165) is 11.3 Å². The van der Waals surface area contributed by atoms with Crippen molar-refractivity contribution in [3.05, 3.63) is 64.7 Å². The number of benzene rings is 2. The van der Waals surface area contributed by atoms with Gasteiger partial charge in [-0.15, -0.1) is 0 Å². The molecule has 0 fully saturated rings. The summed E-state index contributed by atoms with van der Waals surface area (Å²) >= 11 is 6.00. The average Bonchev–Trinajstić information content (AvgIpc) is 2.50. The number of nitrogens with one attached hydrogen (secondary N) is 1. The van der Waals surface area contributed by atoms with Crippen LogP contribution in [0.1, 0.15) is 11.1 Å². The van der Waals surface area contributed by atoms with E-state index in [-0.39, 0.29) is 5.75 Å². The van der Waals surface area contributed by atoms with Crippen LogP contribution in [0.3, 0.4) is 0 Å². The summed E-state index contributed by atoms with van der Waals surface area (Å²) in [7, 11) is 0.576. The van der Waals surface area contributed by atoms with Crippen LogP contribution in [0.5, 0.6) is 0 Å². The Bertz CT molecular complexity index is 743. The molecule has 4 nitrogen and oxygen atoms in total. The lowest BCUT2D eigenvalue weighted by Gasteiger charge is -2.13. The van der Waals surface area contributed by atoms with Gasteiger partial charge in [0.15, 0.2) is 0 Å². The Labute approximate surface area is 143 Å². The van der Waals surface area contributed by atoms with E-state index in [1.165, 1.54) is 0 Å². The molecule has 0 aliphatic carbocycles. The zero-order valence-corrected chi connectivity index (χ0v) is 14.9. The predicted octanol–water partition coefficient (Wildman–Crippen LogP) is 3.07. The van der Waals surface area contributed by atoms with Crippen LogP contribution in [0.15, 0.2) is 48.5 Å². The van der Waals surface area contributed by atoms with Crippen LogP contribution in [-0.2, 0) is 22.2 Å². The molecular weight excluding hydrogens is 332 g/mol. The number of nitrogens with zero attached hydrogens (tertiary/aromatic N) is 1. The standard InChI is InChI=1S/C17H21ClN2O2S/c1-20(2)16-9-7-14(8-10-16)11-12-19-23(21,22)13-15-5-3-4-6-17(15)18/h3-10,19H,11-13H2,1-2H3. The van der Waals surface area contributed by atoms with Gasteiger partial charge in [-0.2, -0.15) is 0 Å². The largest absolute Gasteiger partial charge is 0.378 e. The van der Waals surface area contributed by atoms with Crippen molar-refractivity contribution in [2.45, 2.75) is 12.2 Å². The molecule has 6 heteroatoms. The number of hydrogen-bond acceptors (Lipinski definition) is 3. The van der Waals surface area contributed by atoms with E-state index in [9.17, 15) is 8.42 Å². The topological polar surface area (TPSA) is 49.4 Å². The van der Waals surface area contributed by atoms with Crippen LogP contribution in [0.2, 0.25) is 5.02 Å². The van der Waals surface area contributed by atoms with Crippen LogP contribution >= 0.6 is 11.6 Å².